The van der Waals surface area contributed by atoms with Crippen LogP contribution in [0.3, 0.4) is 0 Å². The van der Waals surface area contributed by atoms with Crippen LogP contribution in [0.2, 0.25) is 0 Å². The number of azide groups is 1. The van der Waals surface area contributed by atoms with Gasteiger partial charge in [0.15, 0.2) is 0 Å². The fourth-order valence-corrected chi connectivity index (χ4v) is 2.40. The summed E-state index contributed by atoms with van der Waals surface area (Å²) in [6.45, 7) is 8.27. The molecule has 1 amide bonds. The third-order valence-corrected chi connectivity index (χ3v) is 3.87. The maximum Gasteiger partial charge on any atom is 0.251 e. The Labute approximate surface area is 135 Å². The molecule has 2 rings (SSSR count). The fourth-order valence-electron chi connectivity index (χ4n) is 2.40. The maximum absolute atomic E-state index is 12.3. The van der Waals surface area contributed by atoms with Gasteiger partial charge in [0, 0.05) is 16.2 Å². The van der Waals surface area contributed by atoms with Gasteiger partial charge in [-0.2, -0.15) is 0 Å². The van der Waals surface area contributed by atoms with Crippen LogP contribution in [-0.4, -0.2) is 10.9 Å². The molecule has 1 N–H and O–H groups in total. The Kier molecular flexibility index (Phi) is 4.86. The van der Waals surface area contributed by atoms with E-state index in [4.69, 9.17) is 5.53 Å². The summed E-state index contributed by atoms with van der Waals surface area (Å²) in [4.78, 5) is 19.2. The summed E-state index contributed by atoms with van der Waals surface area (Å²) in [5, 5.41) is 6.38. The zero-order valence-electron chi connectivity index (χ0n) is 13.9. The minimum absolute atomic E-state index is 0.129. The van der Waals surface area contributed by atoms with Crippen molar-refractivity contribution in [3.8, 4) is 0 Å². The Morgan fingerprint density at radius 2 is 2.09 bits per heavy atom. The second-order valence-corrected chi connectivity index (χ2v) is 6.61. The molecule has 0 saturated heterocycles. The molecule has 1 aliphatic carbocycles. The lowest BCUT2D eigenvalue weighted by molar-refractivity contribution is -0.113. The fraction of sp³-hybridized carbons (Fsp3) is 0.412. The number of pyridine rings is 1. The number of carbonyl (C=O) groups excluding carboxylic acids is 1. The molecule has 0 radical (unpaired) electrons. The molecule has 6 nitrogen and oxygen atoms in total. The van der Waals surface area contributed by atoms with Gasteiger partial charge in [-0.25, -0.2) is 0 Å². The molecule has 0 aliphatic heterocycles. The number of amides is 1. The number of hydrogen-bond donors (Lipinski definition) is 1. The predicted molar refractivity (Wildman–Crippen MR) is 91.3 cm³/mol. The van der Waals surface area contributed by atoms with Gasteiger partial charge in [0.05, 0.1) is 17.6 Å². The number of rotatable bonds is 3. The van der Waals surface area contributed by atoms with Crippen LogP contribution < -0.4 is 5.32 Å². The standard InChI is InChI=1S/C17H21N5O/c1-11-15(21-22-18)9-14(10-19-11)20-16(23)12-5-7-13(8-6-12)17(2,3)4/h5,7,9-10H,6,8H2,1-4H3,(H,20,23). The lowest BCUT2D eigenvalue weighted by atomic mass is 9.80. The Morgan fingerprint density at radius 1 is 1.35 bits per heavy atom. The van der Waals surface area contributed by atoms with Crippen LogP contribution in [0.25, 0.3) is 10.4 Å². The molecule has 120 valence electrons. The van der Waals surface area contributed by atoms with Crippen LogP contribution in [0.5, 0.6) is 0 Å². The number of aryl methyl sites for hydroxylation is 1. The summed E-state index contributed by atoms with van der Waals surface area (Å²) in [7, 11) is 0. The van der Waals surface area contributed by atoms with E-state index in [2.05, 4.69) is 41.1 Å². The van der Waals surface area contributed by atoms with Crippen molar-refractivity contribution in [3.05, 3.63) is 51.7 Å². The molecular weight excluding hydrogens is 290 g/mol. The largest absolute Gasteiger partial charge is 0.321 e. The zero-order valence-corrected chi connectivity index (χ0v) is 13.9. The van der Waals surface area contributed by atoms with Gasteiger partial charge in [0.1, 0.15) is 0 Å². The van der Waals surface area contributed by atoms with E-state index in [1.807, 2.05) is 12.2 Å². The molecule has 1 aromatic heterocycles. The van der Waals surface area contributed by atoms with E-state index in [1.54, 1.807) is 19.2 Å². The van der Waals surface area contributed by atoms with E-state index in [0.29, 0.717) is 17.1 Å². The number of hydrogen-bond acceptors (Lipinski definition) is 3. The molecule has 0 fully saturated rings. The highest BCUT2D eigenvalue weighted by Crippen LogP contribution is 2.33. The molecule has 0 atom stereocenters. The topological polar surface area (TPSA) is 90.8 Å². The Hall–Kier alpha value is -2.59. The smallest absolute Gasteiger partial charge is 0.251 e. The van der Waals surface area contributed by atoms with Crippen molar-refractivity contribution in [2.45, 2.75) is 40.5 Å². The van der Waals surface area contributed by atoms with E-state index in [0.717, 1.165) is 18.4 Å². The van der Waals surface area contributed by atoms with Crippen molar-refractivity contribution in [2.75, 3.05) is 5.32 Å². The summed E-state index contributed by atoms with van der Waals surface area (Å²) in [5.74, 6) is -0.147. The van der Waals surface area contributed by atoms with Crippen LogP contribution in [0, 0.1) is 12.3 Å². The SMILES string of the molecule is Cc1ncc(NC(=O)C2=CC=C(C(C)(C)C)CC2)cc1N=[N+]=[N-]. The Bertz CT molecular complexity index is 734. The van der Waals surface area contributed by atoms with Gasteiger partial charge in [-0.3, -0.25) is 9.78 Å². The van der Waals surface area contributed by atoms with Crippen molar-refractivity contribution >= 4 is 17.3 Å². The highest BCUT2D eigenvalue weighted by Gasteiger charge is 2.21. The molecular formula is C17H21N5O. The number of anilines is 1. The van der Waals surface area contributed by atoms with Crippen molar-refractivity contribution in [1.29, 1.82) is 0 Å². The average Bonchev–Trinajstić information content (AvgIpc) is 2.50. The first-order valence-electron chi connectivity index (χ1n) is 7.54. The van der Waals surface area contributed by atoms with Crippen molar-refractivity contribution in [3.63, 3.8) is 0 Å². The van der Waals surface area contributed by atoms with Crippen LogP contribution in [0.4, 0.5) is 11.4 Å². The zero-order chi connectivity index (χ0) is 17.0. The van der Waals surface area contributed by atoms with E-state index in [1.165, 1.54) is 5.57 Å². The molecule has 1 aliphatic rings. The van der Waals surface area contributed by atoms with Crippen molar-refractivity contribution < 1.29 is 4.79 Å². The average molecular weight is 311 g/mol. The van der Waals surface area contributed by atoms with Gasteiger partial charge < -0.3 is 5.32 Å². The molecule has 23 heavy (non-hydrogen) atoms. The van der Waals surface area contributed by atoms with Crippen LogP contribution in [0.1, 0.15) is 39.3 Å². The first kappa shape index (κ1) is 16.8. The van der Waals surface area contributed by atoms with Gasteiger partial charge in [-0.15, -0.1) is 0 Å². The van der Waals surface area contributed by atoms with E-state index >= 15 is 0 Å². The van der Waals surface area contributed by atoms with Crippen LogP contribution in [-0.2, 0) is 4.79 Å². The van der Waals surface area contributed by atoms with Crippen molar-refractivity contribution in [1.82, 2.24) is 4.98 Å². The minimum atomic E-state index is -0.147. The second kappa shape index (κ2) is 6.67. The monoisotopic (exact) mass is 311 g/mol. The summed E-state index contributed by atoms with van der Waals surface area (Å²) in [6.07, 6.45) is 7.09. The van der Waals surface area contributed by atoms with E-state index in [-0.39, 0.29) is 11.3 Å². The minimum Gasteiger partial charge on any atom is -0.321 e. The number of aromatic nitrogens is 1. The normalized spacial score (nSPS) is 14.4. The number of allylic oxidation sites excluding steroid dienone is 3. The van der Waals surface area contributed by atoms with Crippen LogP contribution in [0.15, 0.2) is 40.7 Å². The summed E-state index contributed by atoms with van der Waals surface area (Å²) in [6, 6.07) is 1.62. The van der Waals surface area contributed by atoms with E-state index in [9.17, 15) is 4.79 Å². The molecule has 1 heterocycles. The summed E-state index contributed by atoms with van der Waals surface area (Å²) < 4.78 is 0. The quantitative estimate of drug-likeness (QED) is 0.485. The highest BCUT2D eigenvalue weighted by atomic mass is 16.1. The molecule has 6 heteroatoms. The van der Waals surface area contributed by atoms with Gasteiger partial charge in [0.25, 0.3) is 5.91 Å². The van der Waals surface area contributed by atoms with Crippen LogP contribution >= 0.6 is 0 Å². The molecule has 1 aromatic rings. The predicted octanol–water partition coefficient (Wildman–Crippen LogP) is 4.96. The van der Waals surface area contributed by atoms with Gasteiger partial charge >= 0.3 is 0 Å². The highest BCUT2D eigenvalue weighted by molar-refractivity contribution is 6.04. The summed E-state index contributed by atoms with van der Waals surface area (Å²) in [5.41, 5.74) is 12.3. The maximum atomic E-state index is 12.3. The first-order valence-corrected chi connectivity index (χ1v) is 7.54. The number of nitrogens with one attached hydrogen (secondary N) is 1. The second-order valence-electron chi connectivity index (χ2n) is 6.61. The number of nitrogens with zero attached hydrogens (tertiary/aromatic N) is 4. The first-order chi connectivity index (χ1) is 10.8. The lowest BCUT2D eigenvalue weighted by Gasteiger charge is -2.25. The molecule has 0 saturated carbocycles. The molecule has 0 aromatic carbocycles. The van der Waals surface area contributed by atoms with Gasteiger partial charge in [0.2, 0.25) is 0 Å². The Balaban J connectivity index is 2.14. The van der Waals surface area contributed by atoms with Gasteiger partial charge in [-0.05, 0) is 36.8 Å². The van der Waals surface area contributed by atoms with E-state index < -0.39 is 0 Å². The third-order valence-electron chi connectivity index (χ3n) is 3.87. The molecule has 0 unspecified atom stereocenters. The molecule has 0 bridgehead atoms. The molecule has 0 spiro atoms. The summed E-state index contributed by atoms with van der Waals surface area (Å²) >= 11 is 0. The number of carbonyl (C=O) groups is 1. The van der Waals surface area contributed by atoms with Crippen molar-refractivity contribution in [2.24, 2.45) is 10.5 Å². The lowest BCUT2D eigenvalue weighted by Crippen LogP contribution is -2.18. The third kappa shape index (κ3) is 4.20. The Morgan fingerprint density at radius 3 is 2.65 bits per heavy atom. The van der Waals surface area contributed by atoms with Gasteiger partial charge in [-0.1, -0.05) is 43.6 Å².